The van der Waals surface area contributed by atoms with E-state index in [1.54, 1.807) is 12.1 Å². The molecule has 0 amide bonds. The molecule has 0 fully saturated rings. The van der Waals surface area contributed by atoms with Crippen LogP contribution < -0.4 is 16.8 Å². The molecule has 2 rings (SSSR count). The Morgan fingerprint density at radius 2 is 1.95 bits per heavy atom. The minimum Gasteiger partial charge on any atom is -0.398 e. The molecule has 0 saturated carbocycles. The van der Waals surface area contributed by atoms with Gasteiger partial charge in [0.2, 0.25) is 5.79 Å². The molecule has 1 unspecified atom stereocenters. The quantitative estimate of drug-likeness (QED) is 0.745. The summed E-state index contributed by atoms with van der Waals surface area (Å²) in [5.74, 6) is -0.145. The summed E-state index contributed by atoms with van der Waals surface area (Å²) in [5, 5.41) is 3.82. The number of aliphatic imine (C=N–C) groups is 1. The summed E-state index contributed by atoms with van der Waals surface area (Å²) in [7, 11) is 0. The Hall–Kier alpha value is -1.72. The molecule has 1 aliphatic rings. The molecule has 0 radical (unpaired) electrons. The van der Waals surface area contributed by atoms with Crippen LogP contribution in [0.4, 0.5) is 5.69 Å². The topological polar surface area (TPSA) is 79.7 Å². The van der Waals surface area contributed by atoms with Crippen molar-refractivity contribution in [2.45, 2.75) is 33.0 Å². The molecule has 1 aromatic carbocycles. The lowest BCUT2D eigenvalue weighted by molar-refractivity contribution is 0.369. The minimum absolute atomic E-state index is 0.498. The molecular weight excluding hydrogens is 298 g/mol. The number of hydrogen-bond acceptors (Lipinski definition) is 5. The Bertz CT molecular complexity index is 607. The number of allylic oxidation sites excluding steroid dienone is 1. The maximum Gasteiger partial charge on any atom is 0.211 e. The van der Waals surface area contributed by atoms with Crippen LogP contribution in [0.5, 0.6) is 0 Å². The number of benzene rings is 1. The number of anilines is 1. The van der Waals surface area contributed by atoms with Crippen LogP contribution in [0.3, 0.4) is 0 Å². The fourth-order valence-electron chi connectivity index (χ4n) is 2.50. The van der Waals surface area contributed by atoms with E-state index in [0.717, 1.165) is 36.6 Å². The largest absolute Gasteiger partial charge is 0.398 e. The highest BCUT2D eigenvalue weighted by Crippen LogP contribution is 2.28. The molecule has 1 heterocycles. The maximum absolute atomic E-state index is 6.54. The third kappa shape index (κ3) is 3.20. The molecule has 0 bridgehead atoms. The van der Waals surface area contributed by atoms with E-state index >= 15 is 0 Å². The molecule has 0 saturated heterocycles. The van der Waals surface area contributed by atoms with Crippen molar-refractivity contribution in [3.63, 3.8) is 0 Å². The van der Waals surface area contributed by atoms with Gasteiger partial charge in [0.05, 0.1) is 10.7 Å². The Balaban J connectivity index is 2.48. The standard InChI is InChI=1S/C16H24ClN5/c1-4-12-10-15(22(5-2)6-3)21-16(19,20-12)11-7-8-13(17)14(18)9-11/h7-10,20H,4-6,18-19H2,1-3H3. The molecule has 0 aromatic heterocycles. The number of nitrogens with one attached hydrogen (secondary N) is 1. The zero-order valence-corrected chi connectivity index (χ0v) is 14.1. The van der Waals surface area contributed by atoms with Gasteiger partial charge < -0.3 is 16.0 Å². The van der Waals surface area contributed by atoms with Gasteiger partial charge in [-0.15, -0.1) is 0 Å². The Labute approximate surface area is 137 Å². The fraction of sp³-hybridized carbons (Fsp3) is 0.438. The molecule has 1 aromatic rings. The van der Waals surface area contributed by atoms with Gasteiger partial charge in [0.25, 0.3) is 0 Å². The van der Waals surface area contributed by atoms with Gasteiger partial charge in [0.15, 0.2) is 0 Å². The van der Waals surface area contributed by atoms with Crippen molar-refractivity contribution in [1.29, 1.82) is 0 Å². The Kier molecular flexibility index (Phi) is 4.98. The van der Waals surface area contributed by atoms with Crippen LogP contribution in [0.1, 0.15) is 32.8 Å². The molecule has 1 atom stereocenters. The molecule has 1 aliphatic heterocycles. The van der Waals surface area contributed by atoms with Crippen LogP contribution >= 0.6 is 11.6 Å². The van der Waals surface area contributed by atoms with Gasteiger partial charge in [0, 0.05) is 24.4 Å². The second kappa shape index (κ2) is 6.58. The SMILES string of the molecule is CCC1=CC(N(CC)CC)=NC(N)(c2ccc(Cl)c(N)c2)N1. The average Bonchev–Trinajstić information content (AvgIpc) is 2.50. The van der Waals surface area contributed by atoms with Gasteiger partial charge in [-0.25, -0.2) is 4.99 Å². The number of halogens is 1. The summed E-state index contributed by atoms with van der Waals surface area (Å²) >= 11 is 6.00. The zero-order chi connectivity index (χ0) is 16.3. The summed E-state index contributed by atoms with van der Waals surface area (Å²) in [6.45, 7) is 8.04. The molecule has 22 heavy (non-hydrogen) atoms. The van der Waals surface area contributed by atoms with E-state index in [2.05, 4.69) is 37.1 Å². The summed E-state index contributed by atoms with van der Waals surface area (Å²) < 4.78 is 0. The highest BCUT2D eigenvalue weighted by molar-refractivity contribution is 6.33. The number of hydrogen-bond donors (Lipinski definition) is 3. The number of nitrogens with zero attached hydrogens (tertiary/aromatic N) is 2. The Morgan fingerprint density at radius 3 is 2.50 bits per heavy atom. The first-order chi connectivity index (χ1) is 10.4. The van der Waals surface area contributed by atoms with Gasteiger partial charge in [-0.3, -0.25) is 5.73 Å². The second-order valence-corrected chi connectivity index (χ2v) is 5.70. The first-order valence-corrected chi connectivity index (χ1v) is 7.99. The van der Waals surface area contributed by atoms with Crippen molar-refractivity contribution in [2.75, 3.05) is 18.8 Å². The van der Waals surface area contributed by atoms with Gasteiger partial charge in [0.1, 0.15) is 5.84 Å². The van der Waals surface area contributed by atoms with Crippen molar-refractivity contribution >= 4 is 23.1 Å². The molecule has 6 heteroatoms. The number of nitrogen functional groups attached to an aromatic ring is 1. The highest BCUT2D eigenvalue weighted by Gasteiger charge is 2.31. The van der Waals surface area contributed by atoms with Crippen molar-refractivity contribution in [1.82, 2.24) is 10.2 Å². The lowest BCUT2D eigenvalue weighted by Crippen LogP contribution is -2.52. The van der Waals surface area contributed by atoms with E-state index in [4.69, 9.17) is 28.1 Å². The van der Waals surface area contributed by atoms with E-state index in [9.17, 15) is 0 Å². The van der Waals surface area contributed by atoms with E-state index < -0.39 is 5.79 Å². The first kappa shape index (κ1) is 16.6. The highest BCUT2D eigenvalue weighted by atomic mass is 35.5. The van der Waals surface area contributed by atoms with E-state index in [1.165, 1.54) is 0 Å². The van der Waals surface area contributed by atoms with Gasteiger partial charge in [-0.1, -0.05) is 24.6 Å². The van der Waals surface area contributed by atoms with Crippen LogP contribution in [0, 0.1) is 0 Å². The average molecular weight is 322 g/mol. The predicted octanol–water partition coefficient (Wildman–Crippen LogP) is 2.63. The normalized spacial score (nSPS) is 21.0. The van der Waals surface area contributed by atoms with Gasteiger partial charge >= 0.3 is 0 Å². The predicted molar refractivity (Wildman–Crippen MR) is 93.6 cm³/mol. The van der Waals surface area contributed by atoms with Crippen LogP contribution in [0.2, 0.25) is 5.02 Å². The first-order valence-electron chi connectivity index (χ1n) is 7.61. The molecule has 5 nitrogen and oxygen atoms in total. The number of rotatable bonds is 4. The minimum atomic E-state index is -1.03. The van der Waals surface area contributed by atoms with Crippen molar-refractivity contribution in [3.8, 4) is 0 Å². The summed E-state index contributed by atoms with van der Waals surface area (Å²) in [5.41, 5.74) is 14.8. The molecule has 0 spiro atoms. The lowest BCUT2D eigenvalue weighted by Gasteiger charge is -2.36. The molecular formula is C16H24ClN5. The van der Waals surface area contributed by atoms with Crippen LogP contribution in [-0.2, 0) is 5.79 Å². The van der Waals surface area contributed by atoms with Crippen molar-refractivity contribution in [2.24, 2.45) is 10.7 Å². The number of nitrogens with two attached hydrogens (primary N) is 2. The molecule has 0 aliphatic carbocycles. The van der Waals surface area contributed by atoms with Crippen LogP contribution in [-0.4, -0.2) is 23.8 Å². The smallest absolute Gasteiger partial charge is 0.211 e. The molecule has 5 N–H and O–H groups in total. The lowest BCUT2D eigenvalue weighted by atomic mass is 10.0. The van der Waals surface area contributed by atoms with E-state index in [0.29, 0.717) is 10.7 Å². The van der Waals surface area contributed by atoms with Crippen molar-refractivity contribution < 1.29 is 0 Å². The third-order valence-electron chi connectivity index (χ3n) is 3.85. The number of likely N-dealkylation sites (N-methyl/N-ethyl adjacent to an activating group) is 1. The summed E-state index contributed by atoms with van der Waals surface area (Å²) in [6, 6.07) is 5.38. The fourth-order valence-corrected chi connectivity index (χ4v) is 2.61. The second-order valence-electron chi connectivity index (χ2n) is 5.29. The summed E-state index contributed by atoms with van der Waals surface area (Å²) in [4.78, 5) is 6.91. The van der Waals surface area contributed by atoms with Gasteiger partial charge in [-0.2, -0.15) is 0 Å². The Morgan fingerprint density at radius 1 is 1.27 bits per heavy atom. The monoisotopic (exact) mass is 321 g/mol. The van der Waals surface area contributed by atoms with Crippen LogP contribution in [0.25, 0.3) is 0 Å². The van der Waals surface area contributed by atoms with E-state index in [1.807, 2.05) is 6.07 Å². The molecule has 120 valence electrons. The van der Waals surface area contributed by atoms with Crippen LogP contribution in [0.15, 0.2) is 35.0 Å². The number of amidine groups is 1. The van der Waals surface area contributed by atoms with Gasteiger partial charge in [-0.05, 0) is 38.5 Å². The maximum atomic E-state index is 6.54. The van der Waals surface area contributed by atoms with Crippen molar-refractivity contribution in [3.05, 3.63) is 40.6 Å². The zero-order valence-electron chi connectivity index (χ0n) is 13.4. The van der Waals surface area contributed by atoms with E-state index in [-0.39, 0.29) is 0 Å². The summed E-state index contributed by atoms with van der Waals surface area (Å²) in [6.07, 6.45) is 2.90. The third-order valence-corrected chi connectivity index (χ3v) is 4.19.